The van der Waals surface area contributed by atoms with E-state index in [1.165, 1.54) is 27.2 Å². The van der Waals surface area contributed by atoms with Gasteiger partial charge in [-0.25, -0.2) is 4.68 Å². The van der Waals surface area contributed by atoms with Crippen LogP contribution in [-0.2, 0) is 0 Å². The van der Waals surface area contributed by atoms with E-state index in [9.17, 15) is 23.1 Å². The van der Waals surface area contributed by atoms with Crippen LogP contribution in [0, 0.1) is 0 Å². The van der Waals surface area contributed by atoms with Crippen LogP contribution >= 0.6 is 0 Å². The average Bonchev–Trinajstić information content (AvgIpc) is 3.53. The summed E-state index contributed by atoms with van der Waals surface area (Å²) in [5.74, 6) is 0.770. The molecule has 0 saturated carbocycles. The number of methoxy groups -OCH3 is 2. The minimum Gasteiger partial charge on any atom is -0.493 e. The molecule has 5 rings (SSSR count). The van der Waals surface area contributed by atoms with E-state index in [-0.39, 0.29) is 30.3 Å². The average molecular weight is 534 g/mol. The lowest BCUT2D eigenvalue weighted by Gasteiger charge is -2.34. The summed E-state index contributed by atoms with van der Waals surface area (Å²) in [6.45, 7) is 1.50. The first-order valence-corrected chi connectivity index (χ1v) is 11.7. The molecule has 0 saturated heterocycles. The van der Waals surface area contributed by atoms with Gasteiger partial charge in [-0.05, 0) is 30.7 Å². The van der Waals surface area contributed by atoms with Crippen LogP contribution in [0.2, 0.25) is 0 Å². The third-order valence-corrected chi connectivity index (χ3v) is 6.54. The van der Waals surface area contributed by atoms with Crippen molar-refractivity contribution in [1.82, 2.24) is 9.78 Å². The number of hydrogen-bond acceptors (Lipinski definition) is 8. The number of anilines is 2. The summed E-state index contributed by atoms with van der Waals surface area (Å²) in [6.07, 6.45) is -4.86. The molecular formula is C25H25F3N4O6. The minimum absolute atomic E-state index is 0.0107. The highest BCUT2D eigenvalue weighted by atomic mass is 19.4. The van der Waals surface area contributed by atoms with Gasteiger partial charge in [0, 0.05) is 18.1 Å². The number of nitrogens with zero attached hydrogens (tertiary/aromatic N) is 2. The highest BCUT2D eigenvalue weighted by Gasteiger charge is 2.47. The fourth-order valence-corrected chi connectivity index (χ4v) is 4.62. The molecule has 10 nitrogen and oxygen atoms in total. The Kier molecular flexibility index (Phi) is 6.47. The molecule has 13 heteroatoms. The Labute approximate surface area is 215 Å². The van der Waals surface area contributed by atoms with Crippen molar-refractivity contribution in [2.24, 2.45) is 0 Å². The van der Waals surface area contributed by atoms with Crippen LogP contribution in [0.15, 0.2) is 36.5 Å². The van der Waals surface area contributed by atoms with Gasteiger partial charge in [-0.1, -0.05) is 6.07 Å². The molecule has 2 aliphatic rings. The second-order valence-electron chi connectivity index (χ2n) is 8.88. The van der Waals surface area contributed by atoms with Gasteiger partial charge >= 0.3 is 6.18 Å². The van der Waals surface area contributed by atoms with Crippen molar-refractivity contribution >= 4 is 17.4 Å². The lowest BCUT2D eigenvalue weighted by atomic mass is 9.96. The number of nitrogens with one attached hydrogen (secondary N) is 2. The van der Waals surface area contributed by atoms with Crippen LogP contribution in [0.5, 0.6) is 23.0 Å². The lowest BCUT2D eigenvalue weighted by Crippen LogP contribution is -2.36. The summed E-state index contributed by atoms with van der Waals surface area (Å²) in [7, 11) is 2.90. The van der Waals surface area contributed by atoms with E-state index in [1.54, 1.807) is 24.3 Å². The molecule has 3 N–H and O–H groups in total. The standard InChI is InChI=1S/C25H25F3N4O6/c1-12(33)14-7-20-21(38-11-37-20)8-17(14)31-24(34)15-10-29-32-22(25(26,27)28)9-16(30-23(15)32)13-4-5-18(35-2)19(6-13)36-3/h4-8,10,12,16,22,30,33H,9,11H2,1-3H3,(H,31,34)/t12-,16+,22-/m1/s1. The van der Waals surface area contributed by atoms with Crippen LogP contribution in [0.25, 0.3) is 0 Å². The Morgan fingerprint density at radius 1 is 1.18 bits per heavy atom. The van der Waals surface area contributed by atoms with Gasteiger partial charge in [-0.15, -0.1) is 0 Å². The van der Waals surface area contributed by atoms with E-state index in [0.717, 1.165) is 10.9 Å². The lowest BCUT2D eigenvalue weighted by molar-refractivity contribution is -0.173. The molecule has 0 aliphatic carbocycles. The first-order chi connectivity index (χ1) is 18.1. The Morgan fingerprint density at radius 2 is 1.89 bits per heavy atom. The van der Waals surface area contributed by atoms with E-state index in [0.29, 0.717) is 34.1 Å². The molecule has 1 aromatic heterocycles. The van der Waals surface area contributed by atoms with Crippen molar-refractivity contribution in [3.05, 3.63) is 53.2 Å². The van der Waals surface area contributed by atoms with Gasteiger partial charge < -0.3 is 34.7 Å². The largest absolute Gasteiger partial charge is 0.493 e. The van der Waals surface area contributed by atoms with E-state index < -0.39 is 30.3 Å². The van der Waals surface area contributed by atoms with Gasteiger partial charge in [0.15, 0.2) is 29.0 Å². The fourth-order valence-electron chi connectivity index (χ4n) is 4.62. The van der Waals surface area contributed by atoms with Crippen LogP contribution in [-0.4, -0.2) is 48.0 Å². The smallest absolute Gasteiger partial charge is 0.410 e. The fraction of sp³-hybridized carbons (Fsp3) is 0.360. The minimum atomic E-state index is -4.62. The molecule has 3 aromatic rings. The number of hydrogen-bond donors (Lipinski definition) is 3. The van der Waals surface area contributed by atoms with Crippen molar-refractivity contribution in [2.75, 3.05) is 31.6 Å². The zero-order valence-electron chi connectivity index (χ0n) is 20.6. The zero-order chi connectivity index (χ0) is 27.2. The van der Waals surface area contributed by atoms with Gasteiger partial charge in [-0.2, -0.15) is 18.3 Å². The number of fused-ring (bicyclic) bond motifs is 2. The van der Waals surface area contributed by atoms with Crippen molar-refractivity contribution < 1.29 is 42.0 Å². The molecule has 2 aromatic carbocycles. The van der Waals surface area contributed by atoms with Crippen LogP contribution < -0.4 is 29.6 Å². The summed E-state index contributed by atoms with van der Waals surface area (Å²) in [6, 6.07) is 5.09. The van der Waals surface area contributed by atoms with E-state index in [2.05, 4.69) is 15.7 Å². The van der Waals surface area contributed by atoms with Gasteiger partial charge in [0.2, 0.25) is 6.79 Å². The topological polar surface area (TPSA) is 116 Å². The van der Waals surface area contributed by atoms with E-state index >= 15 is 0 Å². The summed E-state index contributed by atoms with van der Waals surface area (Å²) in [4.78, 5) is 13.3. The maximum atomic E-state index is 14.1. The molecule has 3 atom stereocenters. The van der Waals surface area contributed by atoms with Crippen molar-refractivity contribution in [2.45, 2.75) is 37.7 Å². The third kappa shape index (κ3) is 4.53. The van der Waals surface area contributed by atoms with Gasteiger partial charge in [0.25, 0.3) is 5.91 Å². The Balaban J connectivity index is 1.50. The molecule has 2 aliphatic heterocycles. The predicted molar refractivity (Wildman–Crippen MR) is 129 cm³/mol. The van der Waals surface area contributed by atoms with Crippen LogP contribution in [0.3, 0.4) is 0 Å². The number of benzene rings is 2. The molecule has 202 valence electrons. The normalized spacial score (nSPS) is 18.8. The van der Waals surface area contributed by atoms with Crippen molar-refractivity contribution in [3.63, 3.8) is 0 Å². The number of rotatable bonds is 6. The molecule has 0 fully saturated rings. The van der Waals surface area contributed by atoms with E-state index in [4.69, 9.17) is 18.9 Å². The number of carbonyl (C=O) groups excluding carboxylic acids is 1. The van der Waals surface area contributed by atoms with Crippen molar-refractivity contribution in [3.8, 4) is 23.0 Å². The monoisotopic (exact) mass is 534 g/mol. The summed E-state index contributed by atoms with van der Waals surface area (Å²) in [5, 5.41) is 19.8. The number of aromatic nitrogens is 2. The maximum Gasteiger partial charge on any atom is 0.410 e. The third-order valence-electron chi connectivity index (χ3n) is 6.54. The molecule has 0 radical (unpaired) electrons. The number of ether oxygens (including phenoxy) is 4. The van der Waals surface area contributed by atoms with Gasteiger partial charge in [0.1, 0.15) is 11.4 Å². The maximum absolute atomic E-state index is 14.1. The van der Waals surface area contributed by atoms with Crippen molar-refractivity contribution in [1.29, 1.82) is 0 Å². The van der Waals surface area contributed by atoms with Crippen LogP contribution in [0.1, 0.15) is 53.0 Å². The molecule has 0 unspecified atom stereocenters. The molecule has 1 amide bonds. The number of aliphatic hydroxyl groups excluding tert-OH is 1. The SMILES string of the molecule is COc1ccc([C@@H]2C[C@H](C(F)(F)F)n3ncc(C(=O)Nc4cc5c(cc4[C@@H](C)O)OCO5)c3N2)cc1OC. The molecule has 3 heterocycles. The van der Waals surface area contributed by atoms with Gasteiger partial charge in [-0.3, -0.25) is 4.79 Å². The number of amides is 1. The summed E-state index contributed by atoms with van der Waals surface area (Å²) in [5.41, 5.74) is 1.00. The van der Waals surface area contributed by atoms with E-state index in [1.807, 2.05) is 0 Å². The van der Waals surface area contributed by atoms with Gasteiger partial charge in [0.05, 0.1) is 38.2 Å². The quantitative estimate of drug-likeness (QED) is 0.421. The summed E-state index contributed by atoms with van der Waals surface area (Å²) >= 11 is 0. The molecule has 0 spiro atoms. The number of halogens is 3. The first-order valence-electron chi connectivity index (χ1n) is 11.7. The number of aliphatic hydroxyl groups is 1. The molecule has 38 heavy (non-hydrogen) atoms. The Hall–Kier alpha value is -4.13. The first kappa shape index (κ1) is 25.5. The highest BCUT2D eigenvalue weighted by Crippen LogP contribution is 2.46. The predicted octanol–water partition coefficient (Wildman–Crippen LogP) is 4.59. The molecular weight excluding hydrogens is 509 g/mol. The molecule has 0 bridgehead atoms. The Bertz CT molecular complexity index is 1370. The number of carbonyl (C=O) groups is 1. The highest BCUT2D eigenvalue weighted by molar-refractivity contribution is 6.08. The number of alkyl halides is 3. The second-order valence-corrected chi connectivity index (χ2v) is 8.88. The second kappa shape index (κ2) is 9.63. The van der Waals surface area contributed by atoms with Crippen LogP contribution in [0.4, 0.5) is 24.7 Å². The summed E-state index contributed by atoms with van der Waals surface area (Å²) < 4.78 is 64.3. The Morgan fingerprint density at radius 3 is 2.55 bits per heavy atom. The zero-order valence-corrected chi connectivity index (χ0v) is 20.6.